The molecule has 0 radical (unpaired) electrons. The summed E-state index contributed by atoms with van der Waals surface area (Å²) in [4.78, 5) is 16.4. The van der Waals surface area contributed by atoms with E-state index in [9.17, 15) is 4.79 Å². The van der Waals surface area contributed by atoms with E-state index in [0.717, 1.165) is 0 Å². The molecule has 0 bridgehead atoms. The first-order valence-corrected chi connectivity index (χ1v) is 3.29. The lowest BCUT2D eigenvalue weighted by atomic mass is 10.7. The SMILES string of the molecule is CC(=O)NOCc1nnn(C)n1. The van der Waals surface area contributed by atoms with Gasteiger partial charge in [0.1, 0.15) is 6.61 Å². The molecule has 1 rings (SSSR count). The maximum atomic E-state index is 10.3. The standard InChI is InChI=1S/C5H9N5O2/c1-4(11)8-12-3-5-6-9-10(2)7-5/h3H2,1-2H3,(H,8,11). The number of carbonyl (C=O) groups excluding carboxylic acids is 1. The third kappa shape index (κ3) is 2.62. The molecule has 7 heteroatoms. The lowest BCUT2D eigenvalue weighted by Gasteiger charge is -1.97. The minimum Gasteiger partial charge on any atom is -0.273 e. The highest BCUT2D eigenvalue weighted by atomic mass is 16.7. The Hall–Kier alpha value is -1.50. The van der Waals surface area contributed by atoms with Crippen LogP contribution in [-0.4, -0.2) is 26.1 Å². The number of carbonyl (C=O) groups is 1. The van der Waals surface area contributed by atoms with E-state index in [1.54, 1.807) is 7.05 Å². The van der Waals surface area contributed by atoms with Crippen LogP contribution in [0, 0.1) is 0 Å². The van der Waals surface area contributed by atoms with E-state index in [4.69, 9.17) is 4.84 Å². The zero-order valence-electron chi connectivity index (χ0n) is 6.81. The van der Waals surface area contributed by atoms with Crippen LogP contribution >= 0.6 is 0 Å². The second-order valence-corrected chi connectivity index (χ2v) is 2.14. The van der Waals surface area contributed by atoms with Gasteiger partial charge in [-0.1, -0.05) is 0 Å². The molecule has 7 nitrogen and oxygen atoms in total. The Morgan fingerprint density at radius 2 is 2.50 bits per heavy atom. The van der Waals surface area contributed by atoms with Crippen LogP contribution in [0.2, 0.25) is 0 Å². The molecule has 12 heavy (non-hydrogen) atoms. The van der Waals surface area contributed by atoms with Gasteiger partial charge in [-0.2, -0.15) is 4.80 Å². The smallest absolute Gasteiger partial charge is 0.240 e. The molecule has 1 N–H and O–H groups in total. The Bertz CT molecular complexity index is 271. The van der Waals surface area contributed by atoms with Crippen molar-refractivity contribution in [2.24, 2.45) is 7.05 Å². The molecule has 1 aromatic rings. The van der Waals surface area contributed by atoms with Crippen LogP contribution < -0.4 is 5.48 Å². The molecule has 0 aliphatic heterocycles. The summed E-state index contributed by atoms with van der Waals surface area (Å²) in [6, 6.07) is 0. The summed E-state index contributed by atoms with van der Waals surface area (Å²) >= 11 is 0. The Morgan fingerprint density at radius 3 is 3.00 bits per heavy atom. The zero-order chi connectivity index (χ0) is 8.97. The van der Waals surface area contributed by atoms with Crippen molar-refractivity contribution in [3.63, 3.8) is 0 Å². The molecular formula is C5H9N5O2. The normalized spacial score (nSPS) is 9.83. The molecular weight excluding hydrogens is 162 g/mol. The molecule has 0 unspecified atom stereocenters. The van der Waals surface area contributed by atoms with E-state index in [2.05, 4.69) is 20.9 Å². The van der Waals surface area contributed by atoms with Gasteiger partial charge >= 0.3 is 0 Å². The highest BCUT2D eigenvalue weighted by molar-refractivity contribution is 5.71. The van der Waals surface area contributed by atoms with Crippen molar-refractivity contribution in [2.75, 3.05) is 0 Å². The lowest BCUT2D eigenvalue weighted by molar-refractivity contribution is -0.132. The summed E-state index contributed by atoms with van der Waals surface area (Å²) in [5, 5.41) is 11.0. The third-order valence-electron chi connectivity index (χ3n) is 0.967. The van der Waals surface area contributed by atoms with Gasteiger partial charge in [0.15, 0.2) is 0 Å². The van der Waals surface area contributed by atoms with Crippen LogP contribution in [0.3, 0.4) is 0 Å². The molecule has 66 valence electrons. The summed E-state index contributed by atoms with van der Waals surface area (Å²) in [5.41, 5.74) is 2.15. The summed E-state index contributed by atoms with van der Waals surface area (Å²) in [5.74, 6) is 0.158. The fourth-order valence-corrected chi connectivity index (χ4v) is 0.583. The molecule has 0 aliphatic carbocycles. The summed E-state index contributed by atoms with van der Waals surface area (Å²) < 4.78 is 0. The number of amides is 1. The van der Waals surface area contributed by atoms with Crippen LogP contribution in [0.25, 0.3) is 0 Å². The van der Waals surface area contributed by atoms with Crippen molar-refractivity contribution in [1.29, 1.82) is 0 Å². The Morgan fingerprint density at radius 1 is 1.75 bits per heavy atom. The number of rotatable bonds is 3. The van der Waals surface area contributed by atoms with Gasteiger partial charge in [0, 0.05) is 6.92 Å². The van der Waals surface area contributed by atoms with Crippen LogP contribution in [0.4, 0.5) is 0 Å². The molecule has 0 spiro atoms. The maximum absolute atomic E-state index is 10.3. The van der Waals surface area contributed by atoms with Crippen LogP contribution in [0.5, 0.6) is 0 Å². The first kappa shape index (κ1) is 8.60. The van der Waals surface area contributed by atoms with Gasteiger partial charge in [-0.3, -0.25) is 9.63 Å². The van der Waals surface area contributed by atoms with Gasteiger partial charge in [-0.15, -0.1) is 10.2 Å². The van der Waals surface area contributed by atoms with E-state index in [0.29, 0.717) is 5.82 Å². The molecule has 0 fully saturated rings. The van der Waals surface area contributed by atoms with Gasteiger partial charge < -0.3 is 0 Å². The van der Waals surface area contributed by atoms with Gasteiger partial charge in [0.2, 0.25) is 11.7 Å². The minimum absolute atomic E-state index is 0.118. The highest BCUT2D eigenvalue weighted by Gasteiger charge is 1.99. The maximum Gasteiger partial charge on any atom is 0.240 e. The number of tetrazole rings is 1. The minimum atomic E-state index is -0.265. The summed E-state index contributed by atoms with van der Waals surface area (Å²) in [6.07, 6.45) is 0. The van der Waals surface area contributed by atoms with Crippen molar-refractivity contribution < 1.29 is 9.63 Å². The molecule has 0 saturated carbocycles. The topological polar surface area (TPSA) is 81.9 Å². The van der Waals surface area contributed by atoms with Crippen molar-refractivity contribution in [3.8, 4) is 0 Å². The van der Waals surface area contributed by atoms with Crippen molar-refractivity contribution in [1.82, 2.24) is 25.7 Å². The average molecular weight is 171 g/mol. The second-order valence-electron chi connectivity index (χ2n) is 2.14. The Balaban J connectivity index is 2.29. The average Bonchev–Trinajstić information content (AvgIpc) is 2.35. The number of aryl methyl sites for hydroxylation is 1. The summed E-state index contributed by atoms with van der Waals surface area (Å²) in [7, 11) is 1.65. The van der Waals surface area contributed by atoms with Gasteiger partial charge in [-0.05, 0) is 5.21 Å². The van der Waals surface area contributed by atoms with Crippen LogP contribution in [0.15, 0.2) is 0 Å². The Kier molecular flexibility index (Phi) is 2.70. The highest BCUT2D eigenvalue weighted by Crippen LogP contribution is 1.86. The van der Waals surface area contributed by atoms with E-state index < -0.39 is 0 Å². The molecule has 0 atom stereocenters. The van der Waals surface area contributed by atoms with Gasteiger partial charge in [0.25, 0.3) is 0 Å². The molecule has 0 saturated heterocycles. The molecule has 0 aliphatic rings. The van der Waals surface area contributed by atoms with Crippen molar-refractivity contribution >= 4 is 5.91 Å². The third-order valence-corrected chi connectivity index (χ3v) is 0.967. The van der Waals surface area contributed by atoms with Crippen LogP contribution in [0.1, 0.15) is 12.7 Å². The molecule has 1 amide bonds. The second kappa shape index (κ2) is 3.77. The lowest BCUT2D eigenvalue weighted by Crippen LogP contribution is -2.20. The molecule has 1 aromatic heterocycles. The van der Waals surface area contributed by atoms with Gasteiger partial charge in [0.05, 0.1) is 7.05 Å². The first-order chi connectivity index (χ1) is 5.68. The number of hydrogen-bond acceptors (Lipinski definition) is 5. The number of nitrogens with zero attached hydrogens (tertiary/aromatic N) is 4. The Labute approximate surface area is 68.7 Å². The predicted molar refractivity (Wildman–Crippen MR) is 37.4 cm³/mol. The quantitative estimate of drug-likeness (QED) is 0.576. The largest absolute Gasteiger partial charge is 0.273 e. The van der Waals surface area contributed by atoms with E-state index in [1.165, 1.54) is 11.7 Å². The zero-order valence-corrected chi connectivity index (χ0v) is 6.81. The number of hydrogen-bond donors (Lipinski definition) is 1. The predicted octanol–water partition coefficient (Wildman–Crippen LogP) is -1.22. The first-order valence-electron chi connectivity index (χ1n) is 3.29. The van der Waals surface area contributed by atoms with Gasteiger partial charge in [-0.25, -0.2) is 5.48 Å². The van der Waals surface area contributed by atoms with Crippen molar-refractivity contribution in [3.05, 3.63) is 5.82 Å². The number of nitrogens with one attached hydrogen (secondary N) is 1. The monoisotopic (exact) mass is 171 g/mol. The van der Waals surface area contributed by atoms with E-state index in [-0.39, 0.29) is 12.5 Å². The molecule has 0 aromatic carbocycles. The van der Waals surface area contributed by atoms with Crippen LogP contribution in [-0.2, 0) is 23.3 Å². The van der Waals surface area contributed by atoms with Crippen molar-refractivity contribution in [2.45, 2.75) is 13.5 Å². The number of hydroxylamine groups is 1. The van der Waals surface area contributed by atoms with E-state index >= 15 is 0 Å². The van der Waals surface area contributed by atoms with E-state index in [1.807, 2.05) is 0 Å². The molecule has 1 heterocycles. The summed E-state index contributed by atoms with van der Waals surface area (Å²) in [6.45, 7) is 1.47. The fourth-order valence-electron chi connectivity index (χ4n) is 0.583. The fraction of sp³-hybridized carbons (Fsp3) is 0.600. The number of aromatic nitrogens is 4.